The molecule has 1 unspecified atom stereocenters. The monoisotopic (exact) mass is 518 g/mol. The molecule has 3 heterocycles. The van der Waals surface area contributed by atoms with Crippen LogP contribution in [0.3, 0.4) is 0 Å². The topological polar surface area (TPSA) is 84.7 Å². The first kappa shape index (κ1) is 21.5. The van der Waals surface area contributed by atoms with Crippen molar-refractivity contribution in [3.8, 4) is 6.07 Å². The highest BCUT2D eigenvalue weighted by atomic mass is 79.9. The zero-order chi connectivity index (χ0) is 23.7. The second kappa shape index (κ2) is 7.31. The maximum absolute atomic E-state index is 13.4. The molecule has 7 nitrogen and oxygen atoms in total. The number of nitrogens with zero attached hydrogens (tertiary/aromatic N) is 4. The van der Waals surface area contributed by atoms with Crippen molar-refractivity contribution in [1.29, 1.82) is 5.26 Å². The van der Waals surface area contributed by atoms with Gasteiger partial charge in [-0.25, -0.2) is 9.69 Å². The lowest BCUT2D eigenvalue weighted by Crippen LogP contribution is -2.54. The van der Waals surface area contributed by atoms with Gasteiger partial charge in [0.15, 0.2) is 0 Å². The number of carbonyl (C=O) groups is 3. The lowest BCUT2D eigenvalue weighted by molar-refractivity contribution is -0.137. The van der Waals surface area contributed by atoms with Crippen LogP contribution >= 0.6 is 15.9 Å². The molecular weight excluding hydrogens is 505 g/mol. The average Bonchev–Trinajstić information content (AvgIpc) is 3.43. The van der Waals surface area contributed by atoms with E-state index in [0.717, 1.165) is 16.6 Å². The second-order valence-corrected chi connectivity index (χ2v) is 8.99. The van der Waals surface area contributed by atoms with E-state index in [1.807, 2.05) is 0 Å². The maximum Gasteiger partial charge on any atom is 0.417 e. The first-order chi connectivity index (χ1) is 15.6. The van der Waals surface area contributed by atoms with E-state index in [4.69, 9.17) is 5.26 Å². The second-order valence-electron chi connectivity index (χ2n) is 8.07. The van der Waals surface area contributed by atoms with Gasteiger partial charge in [0, 0.05) is 16.6 Å². The van der Waals surface area contributed by atoms with E-state index in [1.54, 1.807) is 29.2 Å². The molecule has 0 spiro atoms. The summed E-state index contributed by atoms with van der Waals surface area (Å²) in [5.74, 6) is -0.961. The molecule has 0 saturated carbocycles. The van der Waals surface area contributed by atoms with E-state index in [2.05, 4.69) is 15.9 Å². The van der Waals surface area contributed by atoms with Gasteiger partial charge in [-0.3, -0.25) is 9.59 Å². The first-order valence-corrected chi connectivity index (χ1v) is 10.7. The third kappa shape index (κ3) is 3.20. The van der Waals surface area contributed by atoms with E-state index in [0.29, 0.717) is 23.0 Å². The van der Waals surface area contributed by atoms with Crippen LogP contribution in [0.2, 0.25) is 0 Å². The number of nitriles is 1. The van der Waals surface area contributed by atoms with Crippen LogP contribution in [-0.2, 0) is 11.0 Å². The minimum absolute atomic E-state index is 0.237. The molecule has 2 bridgehead atoms. The Labute approximate surface area is 194 Å². The zero-order valence-corrected chi connectivity index (χ0v) is 18.3. The molecule has 2 aromatic rings. The van der Waals surface area contributed by atoms with Gasteiger partial charge in [-0.2, -0.15) is 18.4 Å². The standard InChI is InChI=1S/C22H14BrF3N4O3/c23-13-3-1-2-11(6-13)19(31)28-10-15-8-17(28)18-20(32)30(21(33)29(15)18)14-5-4-12(9-27)16(7-14)22(24,25)26/h1-7,15,17-18H,8,10H2/t15-,17?,18-/m1/s1. The minimum atomic E-state index is -4.82. The Bertz CT molecular complexity index is 1260. The largest absolute Gasteiger partial charge is 0.417 e. The Morgan fingerprint density at radius 1 is 1.15 bits per heavy atom. The van der Waals surface area contributed by atoms with Crippen molar-refractivity contribution in [2.45, 2.75) is 30.7 Å². The molecule has 3 fully saturated rings. The number of piperazine rings is 1. The normalized spacial score (nSPS) is 23.8. The number of anilines is 1. The summed E-state index contributed by atoms with van der Waals surface area (Å²) >= 11 is 3.32. The molecule has 168 valence electrons. The van der Waals surface area contributed by atoms with Crippen LogP contribution in [0, 0.1) is 11.3 Å². The summed E-state index contributed by atoms with van der Waals surface area (Å²) in [5.41, 5.74) is -1.64. The Kier molecular flexibility index (Phi) is 4.75. The Morgan fingerprint density at radius 3 is 2.58 bits per heavy atom. The van der Waals surface area contributed by atoms with Gasteiger partial charge >= 0.3 is 12.2 Å². The first-order valence-electron chi connectivity index (χ1n) is 9.96. The minimum Gasteiger partial charge on any atom is -0.331 e. The van der Waals surface area contributed by atoms with E-state index in [9.17, 15) is 27.6 Å². The molecule has 4 amide bonds. The van der Waals surface area contributed by atoms with Crippen LogP contribution in [0.4, 0.5) is 23.7 Å². The van der Waals surface area contributed by atoms with Gasteiger partial charge in [-0.15, -0.1) is 0 Å². The molecule has 2 aromatic carbocycles. The van der Waals surface area contributed by atoms with Crippen molar-refractivity contribution in [3.05, 3.63) is 63.6 Å². The van der Waals surface area contributed by atoms with Crippen LogP contribution in [0.15, 0.2) is 46.9 Å². The van der Waals surface area contributed by atoms with Gasteiger partial charge in [0.25, 0.3) is 11.8 Å². The molecule has 3 atom stereocenters. The number of hydrogen-bond donors (Lipinski definition) is 0. The number of alkyl halides is 3. The molecule has 3 saturated heterocycles. The van der Waals surface area contributed by atoms with Crippen molar-refractivity contribution in [3.63, 3.8) is 0 Å². The van der Waals surface area contributed by atoms with Crippen molar-refractivity contribution < 1.29 is 27.6 Å². The fourth-order valence-corrected chi connectivity index (χ4v) is 5.32. The smallest absolute Gasteiger partial charge is 0.331 e. The van der Waals surface area contributed by atoms with Crippen molar-refractivity contribution in [1.82, 2.24) is 9.80 Å². The van der Waals surface area contributed by atoms with E-state index < -0.39 is 47.4 Å². The zero-order valence-electron chi connectivity index (χ0n) is 16.7. The molecule has 3 aliphatic heterocycles. The van der Waals surface area contributed by atoms with Crippen molar-refractivity contribution >= 4 is 39.5 Å². The fourth-order valence-electron chi connectivity index (χ4n) is 4.92. The number of hydrogen-bond acceptors (Lipinski definition) is 4. The average molecular weight is 519 g/mol. The highest BCUT2D eigenvalue weighted by molar-refractivity contribution is 9.10. The van der Waals surface area contributed by atoms with E-state index in [1.165, 1.54) is 11.0 Å². The number of imide groups is 1. The molecule has 0 N–H and O–H groups in total. The lowest BCUT2D eigenvalue weighted by atomic mass is 10.1. The number of fused-ring (bicyclic) bond motifs is 5. The Morgan fingerprint density at radius 2 is 1.91 bits per heavy atom. The summed E-state index contributed by atoms with van der Waals surface area (Å²) in [5, 5.41) is 9.00. The van der Waals surface area contributed by atoms with Gasteiger partial charge in [-0.1, -0.05) is 22.0 Å². The van der Waals surface area contributed by atoms with Gasteiger partial charge in [0.1, 0.15) is 6.04 Å². The van der Waals surface area contributed by atoms with Gasteiger partial charge < -0.3 is 9.80 Å². The summed E-state index contributed by atoms with van der Waals surface area (Å²) in [6.45, 7) is 0.237. The lowest BCUT2D eigenvalue weighted by Gasteiger charge is -2.35. The van der Waals surface area contributed by atoms with Crippen molar-refractivity contribution in [2.24, 2.45) is 0 Å². The molecule has 3 aliphatic rings. The third-order valence-corrected chi connectivity index (χ3v) is 6.78. The van der Waals surface area contributed by atoms with Gasteiger partial charge in [0.05, 0.1) is 35.0 Å². The summed E-state index contributed by atoms with van der Waals surface area (Å²) in [4.78, 5) is 43.0. The molecule has 0 radical (unpaired) electrons. The molecular formula is C22H14BrF3N4O3. The molecule has 33 heavy (non-hydrogen) atoms. The van der Waals surface area contributed by atoms with E-state index in [-0.39, 0.29) is 18.1 Å². The van der Waals surface area contributed by atoms with Gasteiger partial charge in [0.2, 0.25) is 0 Å². The van der Waals surface area contributed by atoms with Crippen molar-refractivity contribution in [2.75, 3.05) is 11.4 Å². The summed E-state index contributed by atoms with van der Waals surface area (Å²) < 4.78 is 40.9. The fraction of sp³-hybridized carbons (Fsp3) is 0.273. The Hall–Kier alpha value is -3.39. The quantitative estimate of drug-likeness (QED) is 0.566. The molecule has 0 aromatic heterocycles. The van der Waals surface area contributed by atoms with Crippen LogP contribution in [-0.4, -0.2) is 52.3 Å². The number of benzene rings is 2. The summed E-state index contributed by atoms with van der Waals surface area (Å²) in [6, 6.07) is 8.37. The number of likely N-dealkylation sites (tertiary alicyclic amines) is 1. The van der Waals surface area contributed by atoms with Gasteiger partial charge in [-0.05, 0) is 42.8 Å². The summed E-state index contributed by atoms with van der Waals surface area (Å²) in [6.07, 6.45) is -4.40. The number of urea groups is 1. The number of carbonyl (C=O) groups excluding carboxylic acids is 3. The van der Waals surface area contributed by atoms with Crippen LogP contribution in [0.25, 0.3) is 0 Å². The number of halogens is 4. The number of amides is 4. The predicted molar refractivity (Wildman–Crippen MR) is 112 cm³/mol. The molecule has 11 heteroatoms. The molecule has 5 rings (SSSR count). The van der Waals surface area contributed by atoms with E-state index >= 15 is 0 Å². The highest BCUT2D eigenvalue weighted by Gasteiger charge is 2.63. The predicted octanol–water partition coefficient (Wildman–Crippen LogP) is 3.77. The van der Waals surface area contributed by atoms with Crippen LogP contribution in [0.5, 0.6) is 0 Å². The molecule has 0 aliphatic carbocycles. The summed E-state index contributed by atoms with van der Waals surface area (Å²) in [7, 11) is 0. The third-order valence-electron chi connectivity index (χ3n) is 6.28. The van der Waals surface area contributed by atoms with Crippen LogP contribution < -0.4 is 4.90 Å². The Balaban J connectivity index is 1.47. The SMILES string of the molecule is N#Cc1ccc(N2C(=O)[C@H]3C4C[C@H](CN4C(=O)c4cccc(Br)c4)N3C2=O)cc1C(F)(F)F. The highest BCUT2D eigenvalue weighted by Crippen LogP contribution is 2.44. The maximum atomic E-state index is 13.4. The number of rotatable bonds is 2. The van der Waals surface area contributed by atoms with Crippen LogP contribution in [0.1, 0.15) is 27.9 Å².